The fraction of sp³-hybridized carbons (Fsp3) is 0.316. The van der Waals surface area contributed by atoms with Crippen molar-refractivity contribution in [1.29, 1.82) is 0 Å². The highest BCUT2D eigenvalue weighted by Gasteiger charge is 2.22. The second-order valence-electron chi connectivity index (χ2n) is 6.46. The molecule has 1 fully saturated rings. The number of benzene rings is 1. The topological polar surface area (TPSA) is 69.3 Å². The van der Waals surface area contributed by atoms with Crippen molar-refractivity contribution in [2.45, 2.75) is 25.8 Å². The van der Waals surface area contributed by atoms with Crippen LogP contribution >= 0.6 is 0 Å². The molecular weight excluding hydrogens is 316 g/mol. The number of carbonyl (C=O) groups excluding carboxylic acids is 2. The summed E-state index contributed by atoms with van der Waals surface area (Å²) in [7, 11) is 0. The van der Waals surface area contributed by atoms with Gasteiger partial charge in [-0.25, -0.2) is 0 Å². The van der Waals surface area contributed by atoms with Gasteiger partial charge in [-0.15, -0.1) is 0 Å². The first-order valence-corrected chi connectivity index (χ1v) is 8.59. The first kappa shape index (κ1) is 15.6. The Morgan fingerprint density at radius 3 is 2.76 bits per heavy atom. The van der Waals surface area contributed by atoms with E-state index in [2.05, 4.69) is 10.2 Å². The molecule has 1 saturated heterocycles. The van der Waals surface area contributed by atoms with Crippen LogP contribution in [0.4, 0.5) is 5.69 Å². The summed E-state index contributed by atoms with van der Waals surface area (Å²) in [5, 5.41) is 7.00. The summed E-state index contributed by atoms with van der Waals surface area (Å²) < 4.78 is 0. The third-order valence-electron chi connectivity index (χ3n) is 4.81. The molecule has 2 aliphatic rings. The number of nitrogens with zero attached hydrogens (tertiary/aromatic N) is 3. The van der Waals surface area contributed by atoms with Crippen LogP contribution in [0.5, 0.6) is 0 Å². The number of fused-ring (bicyclic) bond motifs is 1. The van der Waals surface area contributed by atoms with Gasteiger partial charge in [-0.1, -0.05) is 12.1 Å². The molecule has 1 N–H and O–H groups in total. The fourth-order valence-corrected chi connectivity index (χ4v) is 3.37. The second-order valence-corrected chi connectivity index (χ2v) is 6.46. The van der Waals surface area contributed by atoms with Gasteiger partial charge in [0.1, 0.15) is 0 Å². The fourth-order valence-electron chi connectivity index (χ4n) is 3.37. The Bertz CT molecular complexity index is 822. The molecule has 3 heterocycles. The molecule has 2 amide bonds. The van der Waals surface area contributed by atoms with Gasteiger partial charge in [-0.05, 0) is 30.2 Å². The van der Waals surface area contributed by atoms with Crippen LogP contribution in [0.3, 0.4) is 0 Å². The van der Waals surface area contributed by atoms with Crippen molar-refractivity contribution in [3.05, 3.63) is 53.4 Å². The zero-order chi connectivity index (χ0) is 17.2. The van der Waals surface area contributed by atoms with Gasteiger partial charge in [0.2, 0.25) is 11.8 Å². The summed E-state index contributed by atoms with van der Waals surface area (Å²) in [5.41, 5.74) is 4.09. The van der Waals surface area contributed by atoms with Gasteiger partial charge >= 0.3 is 0 Å². The van der Waals surface area contributed by atoms with Crippen molar-refractivity contribution in [2.75, 3.05) is 18.0 Å². The number of H-pyrrole nitrogens is 1. The number of hydrogen-bond donors (Lipinski definition) is 1. The zero-order valence-corrected chi connectivity index (χ0v) is 13.9. The molecule has 1 aromatic carbocycles. The van der Waals surface area contributed by atoms with Gasteiger partial charge in [0, 0.05) is 55.5 Å². The molecule has 2 aromatic rings. The lowest BCUT2D eigenvalue weighted by atomic mass is 10.1. The van der Waals surface area contributed by atoms with Crippen molar-refractivity contribution in [2.24, 2.45) is 0 Å². The SMILES string of the molecule is O=C(C=Cc1ccc(N2CCCC2=O)cc1)N1CCc2[nH]ncc2C1. The van der Waals surface area contributed by atoms with E-state index >= 15 is 0 Å². The summed E-state index contributed by atoms with van der Waals surface area (Å²) in [6, 6.07) is 7.75. The van der Waals surface area contributed by atoms with Crippen LogP contribution in [0.25, 0.3) is 6.08 Å². The smallest absolute Gasteiger partial charge is 0.246 e. The van der Waals surface area contributed by atoms with Crippen LogP contribution in [0.2, 0.25) is 0 Å². The van der Waals surface area contributed by atoms with E-state index < -0.39 is 0 Å². The number of anilines is 1. The molecule has 4 rings (SSSR count). The van der Waals surface area contributed by atoms with Crippen LogP contribution in [-0.4, -0.2) is 40.0 Å². The van der Waals surface area contributed by atoms with Crippen molar-refractivity contribution in [1.82, 2.24) is 15.1 Å². The third kappa shape index (κ3) is 3.20. The third-order valence-corrected chi connectivity index (χ3v) is 4.81. The minimum Gasteiger partial charge on any atom is -0.334 e. The van der Waals surface area contributed by atoms with E-state index in [1.165, 1.54) is 0 Å². The highest BCUT2D eigenvalue weighted by atomic mass is 16.2. The highest BCUT2D eigenvalue weighted by molar-refractivity contribution is 5.95. The number of carbonyl (C=O) groups is 2. The Morgan fingerprint density at radius 2 is 2.00 bits per heavy atom. The molecule has 1 aromatic heterocycles. The highest BCUT2D eigenvalue weighted by Crippen LogP contribution is 2.22. The van der Waals surface area contributed by atoms with Crippen LogP contribution in [0.15, 0.2) is 36.5 Å². The number of amides is 2. The maximum Gasteiger partial charge on any atom is 0.246 e. The summed E-state index contributed by atoms with van der Waals surface area (Å²) in [5.74, 6) is 0.188. The molecule has 128 valence electrons. The van der Waals surface area contributed by atoms with Crippen LogP contribution in [0.1, 0.15) is 29.7 Å². The number of nitrogens with one attached hydrogen (secondary N) is 1. The normalized spacial score (nSPS) is 17.4. The van der Waals surface area contributed by atoms with Crippen molar-refractivity contribution in [3.8, 4) is 0 Å². The molecule has 0 spiro atoms. The van der Waals surface area contributed by atoms with Crippen LogP contribution < -0.4 is 4.90 Å². The monoisotopic (exact) mass is 336 g/mol. The predicted octanol–water partition coefficient (Wildman–Crippen LogP) is 2.13. The lowest BCUT2D eigenvalue weighted by Gasteiger charge is -2.25. The number of aromatic amines is 1. The van der Waals surface area contributed by atoms with Gasteiger partial charge in [-0.3, -0.25) is 14.7 Å². The number of hydrogen-bond acceptors (Lipinski definition) is 3. The lowest BCUT2D eigenvalue weighted by molar-refractivity contribution is -0.126. The van der Waals surface area contributed by atoms with Gasteiger partial charge in [-0.2, -0.15) is 5.10 Å². The van der Waals surface area contributed by atoms with Crippen molar-refractivity contribution >= 4 is 23.6 Å². The maximum absolute atomic E-state index is 12.4. The standard InChI is InChI=1S/C19H20N4O2/c24-18(22-11-9-17-15(13-22)12-20-21-17)8-5-14-3-6-16(7-4-14)23-10-1-2-19(23)25/h3-8,12H,1-2,9-11,13H2,(H,20,21). The Kier molecular flexibility index (Phi) is 4.09. The minimum atomic E-state index is 0.00523. The molecular formula is C19H20N4O2. The van der Waals surface area contributed by atoms with E-state index in [-0.39, 0.29) is 11.8 Å². The Labute approximate surface area is 146 Å². The molecule has 0 aliphatic carbocycles. The summed E-state index contributed by atoms with van der Waals surface area (Å²) in [6.07, 6.45) is 7.59. The first-order chi connectivity index (χ1) is 12.2. The zero-order valence-electron chi connectivity index (χ0n) is 13.9. The second kappa shape index (κ2) is 6.55. The van der Waals surface area contributed by atoms with Gasteiger partial charge in [0.05, 0.1) is 6.20 Å². The largest absolute Gasteiger partial charge is 0.334 e. The molecule has 0 saturated carbocycles. The lowest BCUT2D eigenvalue weighted by Crippen LogP contribution is -2.34. The number of rotatable bonds is 3. The molecule has 6 heteroatoms. The Morgan fingerprint density at radius 1 is 1.16 bits per heavy atom. The van der Waals surface area contributed by atoms with Crippen molar-refractivity contribution < 1.29 is 9.59 Å². The molecule has 2 aliphatic heterocycles. The quantitative estimate of drug-likeness (QED) is 0.873. The maximum atomic E-state index is 12.4. The molecule has 6 nitrogen and oxygen atoms in total. The van der Waals surface area contributed by atoms with Gasteiger partial charge in [0.25, 0.3) is 0 Å². The Hall–Kier alpha value is -2.89. The molecule has 0 unspecified atom stereocenters. The molecule has 0 bridgehead atoms. The Balaban J connectivity index is 1.40. The van der Waals surface area contributed by atoms with Crippen LogP contribution in [-0.2, 0) is 22.6 Å². The van der Waals surface area contributed by atoms with E-state index in [0.29, 0.717) is 19.5 Å². The first-order valence-electron chi connectivity index (χ1n) is 8.59. The van der Waals surface area contributed by atoms with E-state index in [1.54, 1.807) is 12.3 Å². The molecule has 25 heavy (non-hydrogen) atoms. The summed E-state index contributed by atoms with van der Waals surface area (Å²) in [4.78, 5) is 27.8. The predicted molar refractivity (Wildman–Crippen MR) is 94.8 cm³/mol. The van der Waals surface area contributed by atoms with Crippen LogP contribution in [0, 0.1) is 0 Å². The van der Waals surface area contributed by atoms with Gasteiger partial charge < -0.3 is 9.80 Å². The van der Waals surface area contributed by atoms with E-state index in [4.69, 9.17) is 0 Å². The van der Waals surface area contributed by atoms with Crippen molar-refractivity contribution in [3.63, 3.8) is 0 Å². The van der Waals surface area contributed by atoms with E-state index in [0.717, 1.165) is 41.9 Å². The average Bonchev–Trinajstić information content (AvgIpc) is 3.28. The van der Waals surface area contributed by atoms with Gasteiger partial charge in [0.15, 0.2) is 0 Å². The minimum absolute atomic E-state index is 0.00523. The molecule has 0 atom stereocenters. The summed E-state index contributed by atoms with van der Waals surface area (Å²) >= 11 is 0. The number of aromatic nitrogens is 2. The molecule has 0 radical (unpaired) electrons. The van der Waals surface area contributed by atoms with E-state index in [9.17, 15) is 9.59 Å². The average molecular weight is 336 g/mol. The van der Waals surface area contributed by atoms with E-state index in [1.807, 2.05) is 40.1 Å². The summed E-state index contributed by atoms with van der Waals surface area (Å²) in [6.45, 7) is 2.09.